The second-order valence-electron chi connectivity index (χ2n) is 6.16. The lowest BCUT2D eigenvalue weighted by Gasteiger charge is -2.26. The predicted octanol–water partition coefficient (Wildman–Crippen LogP) is 1.07. The van der Waals surface area contributed by atoms with Gasteiger partial charge in [0.15, 0.2) is 0 Å². The molecule has 1 saturated heterocycles. The van der Waals surface area contributed by atoms with Crippen LogP contribution in [0.15, 0.2) is 29.1 Å². The zero-order chi connectivity index (χ0) is 16.5. The molecule has 24 heavy (non-hydrogen) atoms. The van der Waals surface area contributed by atoms with Crippen LogP contribution in [0.5, 0.6) is 0 Å². The third-order valence-electron chi connectivity index (χ3n) is 4.63. The number of aryl methyl sites for hydroxylation is 2. The van der Waals surface area contributed by atoms with Crippen LogP contribution < -0.4 is 5.56 Å². The van der Waals surface area contributed by atoms with Crippen molar-refractivity contribution in [3.63, 3.8) is 0 Å². The minimum Gasteiger partial charge on any atom is -0.379 e. The molecule has 0 N–H and O–H groups in total. The van der Waals surface area contributed by atoms with E-state index in [1.807, 2.05) is 35.6 Å². The average Bonchev–Trinajstić information content (AvgIpc) is 3.00. The van der Waals surface area contributed by atoms with Crippen LogP contribution in [-0.4, -0.2) is 56.9 Å². The summed E-state index contributed by atoms with van der Waals surface area (Å²) < 4.78 is 9.09. The highest BCUT2D eigenvalue weighted by atomic mass is 16.5. The molecule has 1 aromatic carbocycles. The van der Waals surface area contributed by atoms with E-state index in [-0.39, 0.29) is 5.56 Å². The van der Waals surface area contributed by atoms with E-state index in [9.17, 15) is 4.79 Å². The summed E-state index contributed by atoms with van der Waals surface area (Å²) in [6.07, 6.45) is 0.903. The lowest BCUT2D eigenvalue weighted by atomic mass is 10.2. The molecule has 0 spiro atoms. The van der Waals surface area contributed by atoms with E-state index in [1.54, 1.807) is 4.57 Å². The summed E-state index contributed by atoms with van der Waals surface area (Å²) in [6, 6.07) is 7.64. The highest BCUT2D eigenvalue weighted by Crippen LogP contribution is 2.14. The van der Waals surface area contributed by atoms with E-state index in [2.05, 4.69) is 15.1 Å². The van der Waals surface area contributed by atoms with Crippen molar-refractivity contribution in [2.75, 3.05) is 32.8 Å². The molecular formula is C17H21N5O2. The summed E-state index contributed by atoms with van der Waals surface area (Å²) in [5.74, 6) is 1.42. The Morgan fingerprint density at radius 3 is 2.75 bits per heavy atom. The molecule has 126 valence electrons. The highest BCUT2D eigenvalue weighted by molar-refractivity contribution is 5.80. The van der Waals surface area contributed by atoms with Gasteiger partial charge < -0.3 is 4.74 Å². The van der Waals surface area contributed by atoms with Gasteiger partial charge in [0.2, 0.25) is 5.78 Å². The molecule has 0 atom stereocenters. The van der Waals surface area contributed by atoms with Gasteiger partial charge in [-0.25, -0.2) is 0 Å². The van der Waals surface area contributed by atoms with Crippen LogP contribution in [0.25, 0.3) is 16.7 Å². The monoisotopic (exact) mass is 327 g/mol. The molecule has 1 aliphatic rings. The third-order valence-corrected chi connectivity index (χ3v) is 4.63. The number of ether oxygens (including phenoxy) is 1. The summed E-state index contributed by atoms with van der Waals surface area (Å²) in [5, 5.41) is 9.12. The van der Waals surface area contributed by atoms with Crippen molar-refractivity contribution in [1.29, 1.82) is 0 Å². The van der Waals surface area contributed by atoms with E-state index < -0.39 is 0 Å². The van der Waals surface area contributed by atoms with Gasteiger partial charge in [0.05, 0.1) is 24.1 Å². The Balaban J connectivity index is 1.68. The molecule has 2 aromatic heterocycles. The maximum atomic E-state index is 12.9. The van der Waals surface area contributed by atoms with Crippen molar-refractivity contribution >= 4 is 16.7 Å². The van der Waals surface area contributed by atoms with Crippen molar-refractivity contribution in [2.24, 2.45) is 0 Å². The summed E-state index contributed by atoms with van der Waals surface area (Å²) in [6.45, 7) is 7.03. The van der Waals surface area contributed by atoms with Crippen molar-refractivity contribution < 1.29 is 4.74 Å². The first kappa shape index (κ1) is 15.3. The number of benzene rings is 1. The first-order valence-corrected chi connectivity index (χ1v) is 8.39. The number of rotatable bonds is 4. The van der Waals surface area contributed by atoms with Gasteiger partial charge in [0.1, 0.15) is 5.82 Å². The Morgan fingerprint density at radius 2 is 1.92 bits per heavy atom. The van der Waals surface area contributed by atoms with Crippen LogP contribution in [0.1, 0.15) is 12.2 Å². The first-order chi connectivity index (χ1) is 11.8. The number of fused-ring (bicyclic) bond motifs is 3. The number of morpholine rings is 1. The Bertz CT molecular complexity index is 924. The molecule has 7 nitrogen and oxygen atoms in total. The van der Waals surface area contributed by atoms with E-state index in [0.29, 0.717) is 17.7 Å². The molecule has 0 unspecified atom stereocenters. The normalized spacial score (nSPS) is 16.2. The van der Waals surface area contributed by atoms with Gasteiger partial charge in [0, 0.05) is 26.2 Å². The highest BCUT2D eigenvalue weighted by Gasteiger charge is 2.15. The van der Waals surface area contributed by atoms with E-state index in [1.165, 1.54) is 0 Å². The third kappa shape index (κ3) is 2.59. The topological polar surface area (TPSA) is 64.7 Å². The minimum atomic E-state index is 0.00692. The van der Waals surface area contributed by atoms with Gasteiger partial charge in [-0.1, -0.05) is 12.1 Å². The number of para-hydroxylation sites is 1. The zero-order valence-corrected chi connectivity index (χ0v) is 13.8. The molecule has 1 fully saturated rings. The number of hydrogen-bond acceptors (Lipinski definition) is 5. The van der Waals surface area contributed by atoms with Crippen LogP contribution in [0.2, 0.25) is 0 Å². The fourth-order valence-corrected chi connectivity index (χ4v) is 3.37. The van der Waals surface area contributed by atoms with Gasteiger partial charge in [-0.3, -0.25) is 18.7 Å². The van der Waals surface area contributed by atoms with Crippen LogP contribution in [-0.2, 0) is 11.3 Å². The largest absolute Gasteiger partial charge is 0.379 e. The predicted molar refractivity (Wildman–Crippen MR) is 91.4 cm³/mol. The Kier molecular flexibility index (Phi) is 4.03. The smallest absolute Gasteiger partial charge is 0.262 e. The van der Waals surface area contributed by atoms with Crippen LogP contribution in [0, 0.1) is 6.92 Å². The van der Waals surface area contributed by atoms with E-state index in [4.69, 9.17) is 4.74 Å². The fourth-order valence-electron chi connectivity index (χ4n) is 3.37. The maximum absolute atomic E-state index is 12.9. The van der Waals surface area contributed by atoms with Gasteiger partial charge in [-0.15, -0.1) is 10.2 Å². The molecule has 0 amide bonds. The number of aromatic nitrogens is 4. The van der Waals surface area contributed by atoms with Gasteiger partial charge in [-0.05, 0) is 25.5 Å². The van der Waals surface area contributed by atoms with Crippen molar-refractivity contribution in [1.82, 2.24) is 24.1 Å². The molecule has 0 aliphatic carbocycles. The number of hydrogen-bond donors (Lipinski definition) is 0. The number of nitrogens with zero attached hydrogens (tertiary/aromatic N) is 5. The van der Waals surface area contributed by atoms with Crippen molar-refractivity contribution in [2.45, 2.75) is 19.9 Å². The molecule has 3 heterocycles. The van der Waals surface area contributed by atoms with E-state index >= 15 is 0 Å². The molecule has 7 heteroatoms. The van der Waals surface area contributed by atoms with Crippen LogP contribution >= 0.6 is 0 Å². The Labute approximate surface area is 139 Å². The average molecular weight is 327 g/mol. The molecular weight excluding hydrogens is 306 g/mol. The summed E-state index contributed by atoms with van der Waals surface area (Å²) >= 11 is 0. The second-order valence-corrected chi connectivity index (χ2v) is 6.16. The maximum Gasteiger partial charge on any atom is 0.262 e. The summed E-state index contributed by atoms with van der Waals surface area (Å²) in [7, 11) is 0. The molecule has 3 aromatic rings. The Morgan fingerprint density at radius 1 is 1.12 bits per heavy atom. The van der Waals surface area contributed by atoms with Crippen LogP contribution in [0.3, 0.4) is 0 Å². The van der Waals surface area contributed by atoms with Crippen molar-refractivity contribution in [3.8, 4) is 0 Å². The standard InChI is InChI=1S/C17H21N5O2/c1-13-18-19-17-21(8-4-7-20-9-11-24-12-10-20)16(23)14-5-2-3-6-15(14)22(13)17/h2-3,5-6H,4,7-12H2,1H3. The molecule has 4 rings (SSSR count). The quantitative estimate of drug-likeness (QED) is 0.717. The molecule has 0 bridgehead atoms. The first-order valence-electron chi connectivity index (χ1n) is 8.39. The van der Waals surface area contributed by atoms with Crippen molar-refractivity contribution in [3.05, 3.63) is 40.4 Å². The van der Waals surface area contributed by atoms with Gasteiger partial charge >= 0.3 is 0 Å². The SMILES string of the molecule is Cc1nnc2n(CCCN3CCOCC3)c(=O)c3ccccc3n12. The fraction of sp³-hybridized carbons (Fsp3) is 0.471. The lowest BCUT2D eigenvalue weighted by Crippen LogP contribution is -2.37. The van der Waals surface area contributed by atoms with E-state index in [0.717, 1.165) is 50.6 Å². The lowest BCUT2D eigenvalue weighted by molar-refractivity contribution is 0.0369. The molecule has 1 aliphatic heterocycles. The minimum absolute atomic E-state index is 0.00692. The Hall–Kier alpha value is -2.25. The zero-order valence-electron chi connectivity index (χ0n) is 13.8. The van der Waals surface area contributed by atoms with Gasteiger partial charge in [-0.2, -0.15) is 0 Å². The second kappa shape index (κ2) is 6.33. The van der Waals surface area contributed by atoms with Gasteiger partial charge in [0.25, 0.3) is 5.56 Å². The molecule has 0 saturated carbocycles. The molecule has 0 radical (unpaired) electrons. The van der Waals surface area contributed by atoms with Crippen LogP contribution in [0.4, 0.5) is 0 Å². The summed E-state index contributed by atoms with van der Waals surface area (Å²) in [5.41, 5.74) is 0.872. The summed E-state index contributed by atoms with van der Waals surface area (Å²) in [4.78, 5) is 15.3.